The molecule has 25 heavy (non-hydrogen) atoms. The molecule has 0 aliphatic carbocycles. The second kappa shape index (κ2) is 6.40. The normalized spacial score (nSPS) is 11.2. The van der Waals surface area contributed by atoms with E-state index in [0.717, 1.165) is 46.8 Å². The summed E-state index contributed by atoms with van der Waals surface area (Å²) < 4.78 is 4.42. The molecule has 0 aliphatic rings. The molecule has 0 atom stereocenters. The Balaban J connectivity index is 1.85. The van der Waals surface area contributed by atoms with Crippen molar-refractivity contribution in [2.45, 2.75) is 19.5 Å². The van der Waals surface area contributed by atoms with Crippen LogP contribution in [0, 0.1) is 0 Å². The van der Waals surface area contributed by atoms with Crippen molar-refractivity contribution in [3.8, 4) is 0 Å². The minimum Gasteiger partial charge on any atom is -0.324 e. The van der Waals surface area contributed by atoms with E-state index in [9.17, 15) is 0 Å². The van der Waals surface area contributed by atoms with Crippen molar-refractivity contribution < 1.29 is 0 Å². The molecular weight excluding hydrogens is 308 g/mol. The summed E-state index contributed by atoms with van der Waals surface area (Å²) in [6.07, 6.45) is 4.49. The molecule has 4 nitrogen and oxygen atoms in total. The predicted molar refractivity (Wildman–Crippen MR) is 103 cm³/mol. The van der Waals surface area contributed by atoms with Crippen molar-refractivity contribution in [1.29, 1.82) is 0 Å². The number of hydrogen-bond donors (Lipinski definition) is 0. The number of hydrogen-bond acceptors (Lipinski definition) is 2. The Hall–Kier alpha value is -3.14. The Morgan fingerprint density at radius 2 is 1.16 bits per heavy atom. The molecule has 0 amide bonds. The maximum atomic E-state index is 4.83. The fraction of sp³-hybridized carbons (Fsp3) is 0.143. The number of rotatable bonds is 6. The molecule has 4 rings (SSSR count). The molecule has 4 heteroatoms. The Kier molecular flexibility index (Phi) is 3.94. The molecule has 0 bridgehead atoms. The number of fused-ring (bicyclic) bond motifs is 2. The largest absolute Gasteiger partial charge is 0.324 e. The zero-order valence-electron chi connectivity index (χ0n) is 14.1. The van der Waals surface area contributed by atoms with E-state index in [1.807, 2.05) is 48.6 Å². The summed E-state index contributed by atoms with van der Waals surface area (Å²) in [6.45, 7) is 9.25. The zero-order valence-corrected chi connectivity index (χ0v) is 14.1. The lowest BCUT2D eigenvalue weighted by Gasteiger charge is -2.08. The first-order valence-corrected chi connectivity index (χ1v) is 8.42. The van der Waals surface area contributed by atoms with Crippen LogP contribution < -0.4 is 0 Å². The average Bonchev–Trinajstić information content (AvgIpc) is 3.15. The molecule has 0 fully saturated rings. The molecular formula is C21H20N4. The third kappa shape index (κ3) is 2.66. The Bertz CT molecular complexity index is 982. The topological polar surface area (TPSA) is 35.6 Å². The van der Waals surface area contributed by atoms with Crippen molar-refractivity contribution in [2.24, 2.45) is 0 Å². The van der Waals surface area contributed by atoms with E-state index in [2.05, 4.69) is 34.4 Å². The maximum Gasteiger partial charge on any atom is 0.117 e. The van der Waals surface area contributed by atoms with Gasteiger partial charge in [0.2, 0.25) is 0 Å². The lowest BCUT2D eigenvalue weighted by Crippen LogP contribution is -2.08. The minimum atomic E-state index is 0.672. The Morgan fingerprint density at radius 1 is 0.720 bits per heavy atom. The minimum absolute atomic E-state index is 0.672. The number of nitrogens with zero attached hydrogens (tertiary/aromatic N) is 4. The highest BCUT2D eigenvalue weighted by Gasteiger charge is 2.15. The van der Waals surface area contributed by atoms with Gasteiger partial charge >= 0.3 is 0 Å². The van der Waals surface area contributed by atoms with Gasteiger partial charge in [0, 0.05) is 13.1 Å². The number of para-hydroxylation sites is 4. The van der Waals surface area contributed by atoms with Gasteiger partial charge in [-0.2, -0.15) is 0 Å². The lowest BCUT2D eigenvalue weighted by atomic mass is 10.3. The van der Waals surface area contributed by atoms with Crippen LogP contribution in [0.2, 0.25) is 0 Å². The molecule has 2 heterocycles. The van der Waals surface area contributed by atoms with E-state index in [0.29, 0.717) is 6.42 Å². The van der Waals surface area contributed by atoms with Gasteiger partial charge in [-0.3, -0.25) is 0 Å². The molecule has 0 spiro atoms. The highest BCUT2D eigenvalue weighted by atomic mass is 15.1. The highest BCUT2D eigenvalue weighted by Crippen LogP contribution is 2.21. The smallest absolute Gasteiger partial charge is 0.117 e. The molecule has 2 aromatic heterocycles. The van der Waals surface area contributed by atoms with E-state index in [-0.39, 0.29) is 0 Å². The third-order valence-electron chi connectivity index (χ3n) is 4.41. The van der Waals surface area contributed by atoms with Crippen LogP contribution in [0.25, 0.3) is 22.1 Å². The second-order valence-electron chi connectivity index (χ2n) is 6.01. The first-order chi connectivity index (χ1) is 12.3. The van der Waals surface area contributed by atoms with Gasteiger partial charge in [0.25, 0.3) is 0 Å². The summed E-state index contributed by atoms with van der Waals surface area (Å²) in [7, 11) is 0. The van der Waals surface area contributed by atoms with Crippen molar-refractivity contribution in [3.63, 3.8) is 0 Å². The van der Waals surface area contributed by atoms with Crippen LogP contribution >= 0.6 is 0 Å². The summed E-state index contributed by atoms with van der Waals surface area (Å²) in [4.78, 5) is 9.67. The molecule has 0 radical (unpaired) electrons. The molecule has 0 aliphatic heterocycles. The first kappa shape index (κ1) is 15.4. The van der Waals surface area contributed by atoms with Crippen LogP contribution in [0.5, 0.6) is 0 Å². The maximum absolute atomic E-state index is 4.83. The summed E-state index contributed by atoms with van der Waals surface area (Å²) in [5.41, 5.74) is 4.27. The van der Waals surface area contributed by atoms with E-state index in [1.165, 1.54) is 0 Å². The molecule has 0 saturated carbocycles. The van der Waals surface area contributed by atoms with Crippen LogP contribution in [0.4, 0.5) is 0 Å². The molecule has 0 unspecified atom stereocenters. The van der Waals surface area contributed by atoms with E-state index in [4.69, 9.17) is 9.97 Å². The first-order valence-electron chi connectivity index (χ1n) is 8.42. The SMILES string of the molecule is C=CCn1c(Cc2nc3ccccc3n2CC=C)nc2ccccc21. The van der Waals surface area contributed by atoms with Crippen LogP contribution in [0.1, 0.15) is 11.6 Å². The van der Waals surface area contributed by atoms with Gasteiger partial charge in [-0.25, -0.2) is 9.97 Å². The van der Waals surface area contributed by atoms with Crippen molar-refractivity contribution >= 4 is 22.1 Å². The second-order valence-corrected chi connectivity index (χ2v) is 6.01. The molecule has 124 valence electrons. The van der Waals surface area contributed by atoms with Gasteiger partial charge in [-0.15, -0.1) is 13.2 Å². The monoisotopic (exact) mass is 328 g/mol. The van der Waals surface area contributed by atoms with Gasteiger partial charge in [0.05, 0.1) is 28.5 Å². The third-order valence-corrected chi connectivity index (χ3v) is 4.41. The van der Waals surface area contributed by atoms with Crippen molar-refractivity contribution in [2.75, 3.05) is 0 Å². The molecule has 0 saturated heterocycles. The van der Waals surface area contributed by atoms with E-state index < -0.39 is 0 Å². The molecule has 2 aromatic carbocycles. The van der Waals surface area contributed by atoms with Gasteiger partial charge in [0.15, 0.2) is 0 Å². The standard InChI is InChI=1S/C21H20N4/c1-3-13-24-18-11-7-5-9-16(18)22-20(24)15-21-23-17-10-6-8-12-19(17)25(21)14-4-2/h3-12H,1-2,13-15H2. The Labute approximate surface area is 146 Å². The van der Waals surface area contributed by atoms with Gasteiger partial charge in [-0.1, -0.05) is 36.4 Å². The highest BCUT2D eigenvalue weighted by molar-refractivity contribution is 5.77. The summed E-state index contributed by atoms with van der Waals surface area (Å²) in [5, 5.41) is 0. The fourth-order valence-electron chi connectivity index (χ4n) is 3.33. The van der Waals surface area contributed by atoms with Crippen LogP contribution in [0.15, 0.2) is 73.8 Å². The Morgan fingerprint density at radius 3 is 1.60 bits per heavy atom. The van der Waals surface area contributed by atoms with Crippen molar-refractivity contribution in [3.05, 3.63) is 85.5 Å². The van der Waals surface area contributed by atoms with Gasteiger partial charge in [0.1, 0.15) is 11.6 Å². The summed E-state index contributed by atoms with van der Waals surface area (Å²) in [5.74, 6) is 2.00. The van der Waals surface area contributed by atoms with Crippen LogP contribution in [0.3, 0.4) is 0 Å². The van der Waals surface area contributed by atoms with Crippen LogP contribution in [-0.4, -0.2) is 19.1 Å². The van der Waals surface area contributed by atoms with Crippen molar-refractivity contribution in [1.82, 2.24) is 19.1 Å². The quantitative estimate of drug-likeness (QED) is 0.493. The average molecular weight is 328 g/mol. The molecule has 0 N–H and O–H groups in total. The van der Waals surface area contributed by atoms with E-state index in [1.54, 1.807) is 0 Å². The number of aromatic nitrogens is 4. The summed E-state index contributed by atoms with van der Waals surface area (Å²) >= 11 is 0. The molecule has 4 aromatic rings. The number of benzene rings is 2. The lowest BCUT2D eigenvalue weighted by molar-refractivity contribution is 0.723. The zero-order chi connectivity index (χ0) is 17.2. The van der Waals surface area contributed by atoms with E-state index >= 15 is 0 Å². The van der Waals surface area contributed by atoms with Gasteiger partial charge < -0.3 is 9.13 Å². The number of imidazole rings is 2. The summed E-state index contributed by atoms with van der Waals surface area (Å²) in [6, 6.07) is 16.4. The number of allylic oxidation sites excluding steroid dienone is 2. The predicted octanol–water partition coefficient (Wildman–Crippen LogP) is 4.35. The fourth-order valence-corrected chi connectivity index (χ4v) is 3.33. The van der Waals surface area contributed by atoms with Gasteiger partial charge in [-0.05, 0) is 24.3 Å². The van der Waals surface area contributed by atoms with Crippen LogP contribution in [-0.2, 0) is 19.5 Å².